The summed E-state index contributed by atoms with van der Waals surface area (Å²) in [5.41, 5.74) is 6.38. The van der Waals surface area contributed by atoms with Crippen molar-refractivity contribution in [3.63, 3.8) is 0 Å². The summed E-state index contributed by atoms with van der Waals surface area (Å²) in [4.78, 5) is 24.4. The predicted molar refractivity (Wildman–Crippen MR) is 108 cm³/mol. The van der Waals surface area contributed by atoms with Crippen LogP contribution >= 0.6 is 11.8 Å². The van der Waals surface area contributed by atoms with Crippen LogP contribution in [0.2, 0.25) is 0 Å². The van der Waals surface area contributed by atoms with Gasteiger partial charge in [-0.05, 0) is 30.9 Å². The van der Waals surface area contributed by atoms with Gasteiger partial charge in [0.2, 0.25) is 5.91 Å². The van der Waals surface area contributed by atoms with Crippen LogP contribution in [-0.2, 0) is 22.7 Å². The summed E-state index contributed by atoms with van der Waals surface area (Å²) in [6.45, 7) is 2.94. The number of likely N-dealkylation sites (tertiary alicyclic amines) is 1. The number of hydrogen-bond acceptors (Lipinski definition) is 6. The second kappa shape index (κ2) is 11.7. The monoisotopic (exact) mass is 459 g/mol. The van der Waals surface area contributed by atoms with Crippen LogP contribution < -0.4 is 5.73 Å². The highest BCUT2D eigenvalue weighted by molar-refractivity contribution is 8.00. The Hall–Kier alpha value is -2.60. The van der Waals surface area contributed by atoms with Gasteiger partial charge in [0, 0.05) is 37.3 Å². The van der Waals surface area contributed by atoms with E-state index in [-0.39, 0.29) is 5.91 Å². The van der Waals surface area contributed by atoms with Gasteiger partial charge < -0.3 is 15.7 Å². The lowest BCUT2D eigenvalue weighted by Crippen LogP contribution is -2.40. The Bertz CT molecular complexity index is 840. The number of hydrogen-bond donors (Lipinski definition) is 2. The summed E-state index contributed by atoms with van der Waals surface area (Å²) in [5, 5.41) is 15.2. The van der Waals surface area contributed by atoms with Crippen LogP contribution in [0, 0.1) is 5.92 Å². The maximum absolute atomic E-state index is 12.3. The van der Waals surface area contributed by atoms with Gasteiger partial charge in [-0.1, -0.05) is 23.4 Å². The first kappa shape index (κ1) is 24.7. The molecule has 0 unspecified atom stereocenters. The first-order valence-electron chi connectivity index (χ1n) is 9.54. The van der Waals surface area contributed by atoms with E-state index in [2.05, 4.69) is 10.3 Å². The molecule has 2 aromatic rings. The SMILES string of the molecule is NCc1cn(CC2CCN(C(=O)CSc3ccccc3)CC2)nn1.O=C(O)C(F)(F)F. The Morgan fingerprint density at radius 3 is 2.32 bits per heavy atom. The first-order chi connectivity index (χ1) is 14.7. The van der Waals surface area contributed by atoms with Crippen molar-refractivity contribution in [3.05, 3.63) is 42.2 Å². The molecule has 1 aliphatic rings. The lowest BCUT2D eigenvalue weighted by molar-refractivity contribution is -0.192. The van der Waals surface area contributed by atoms with Gasteiger partial charge >= 0.3 is 12.1 Å². The molecule has 1 aromatic heterocycles. The number of halogens is 3. The number of aromatic nitrogens is 3. The second-order valence-corrected chi connectivity index (χ2v) is 7.91. The van der Waals surface area contributed by atoms with Gasteiger partial charge in [0.15, 0.2) is 0 Å². The van der Waals surface area contributed by atoms with Gasteiger partial charge in [-0.25, -0.2) is 4.79 Å². The molecule has 0 spiro atoms. The fourth-order valence-corrected chi connectivity index (χ4v) is 3.73. The van der Waals surface area contributed by atoms with Gasteiger partial charge in [-0.15, -0.1) is 16.9 Å². The van der Waals surface area contributed by atoms with Crippen molar-refractivity contribution in [1.29, 1.82) is 0 Å². The normalized spacial score (nSPS) is 14.6. The van der Waals surface area contributed by atoms with E-state index in [0.717, 1.165) is 43.1 Å². The lowest BCUT2D eigenvalue weighted by atomic mass is 9.97. The van der Waals surface area contributed by atoms with Gasteiger partial charge in [0.05, 0.1) is 11.4 Å². The molecule has 0 aliphatic carbocycles. The van der Waals surface area contributed by atoms with Crippen molar-refractivity contribution in [2.45, 2.75) is 37.0 Å². The van der Waals surface area contributed by atoms with E-state index in [1.165, 1.54) is 0 Å². The van der Waals surface area contributed by atoms with Gasteiger partial charge in [0.1, 0.15) is 0 Å². The maximum Gasteiger partial charge on any atom is 0.490 e. The van der Waals surface area contributed by atoms with Crippen LogP contribution in [-0.4, -0.2) is 61.9 Å². The quantitative estimate of drug-likeness (QED) is 0.638. The molecular weight excluding hydrogens is 435 g/mol. The van der Waals surface area contributed by atoms with Crippen molar-refractivity contribution >= 4 is 23.6 Å². The number of carboxylic acids is 1. The Morgan fingerprint density at radius 1 is 1.19 bits per heavy atom. The number of carbonyl (C=O) groups excluding carboxylic acids is 1. The Labute approximate surface area is 181 Å². The number of nitrogens with two attached hydrogens (primary N) is 1. The van der Waals surface area contributed by atoms with Crippen LogP contribution in [0.4, 0.5) is 13.2 Å². The molecule has 170 valence electrons. The van der Waals surface area contributed by atoms with E-state index in [1.807, 2.05) is 46.1 Å². The molecule has 0 saturated carbocycles. The van der Waals surface area contributed by atoms with Crippen LogP contribution in [0.5, 0.6) is 0 Å². The fourth-order valence-electron chi connectivity index (χ4n) is 2.90. The third kappa shape index (κ3) is 8.58. The second-order valence-electron chi connectivity index (χ2n) is 6.86. The van der Waals surface area contributed by atoms with Crippen LogP contribution in [0.3, 0.4) is 0 Å². The molecule has 31 heavy (non-hydrogen) atoms. The molecule has 1 amide bonds. The number of carbonyl (C=O) groups is 2. The number of aliphatic carboxylic acids is 1. The van der Waals surface area contributed by atoms with Crippen molar-refractivity contribution in [2.75, 3.05) is 18.8 Å². The van der Waals surface area contributed by atoms with E-state index < -0.39 is 12.1 Å². The maximum atomic E-state index is 12.3. The molecule has 3 N–H and O–H groups in total. The number of carboxylic acid groups (broad SMARTS) is 1. The summed E-state index contributed by atoms with van der Waals surface area (Å²) < 4.78 is 33.6. The molecular formula is C19H24F3N5O3S. The highest BCUT2D eigenvalue weighted by Gasteiger charge is 2.38. The molecule has 0 radical (unpaired) electrons. The largest absolute Gasteiger partial charge is 0.490 e. The minimum atomic E-state index is -5.08. The molecule has 0 atom stereocenters. The van der Waals surface area contributed by atoms with Crippen molar-refractivity contribution in [2.24, 2.45) is 11.7 Å². The number of amides is 1. The number of rotatable bonds is 6. The van der Waals surface area contributed by atoms with E-state index in [9.17, 15) is 18.0 Å². The van der Waals surface area contributed by atoms with E-state index in [1.54, 1.807) is 11.8 Å². The van der Waals surface area contributed by atoms with Crippen molar-refractivity contribution < 1.29 is 27.9 Å². The summed E-state index contributed by atoms with van der Waals surface area (Å²) >= 11 is 1.61. The summed E-state index contributed by atoms with van der Waals surface area (Å²) in [5.74, 6) is -1.47. The average Bonchev–Trinajstić information content (AvgIpc) is 3.20. The molecule has 1 fully saturated rings. The number of alkyl halides is 3. The lowest BCUT2D eigenvalue weighted by Gasteiger charge is -2.31. The van der Waals surface area contributed by atoms with Crippen LogP contribution in [0.15, 0.2) is 41.4 Å². The van der Waals surface area contributed by atoms with Gasteiger partial charge in [-0.3, -0.25) is 9.48 Å². The third-order valence-electron chi connectivity index (χ3n) is 4.56. The molecule has 2 heterocycles. The summed E-state index contributed by atoms with van der Waals surface area (Å²) in [6.07, 6.45) is -1.15. The summed E-state index contributed by atoms with van der Waals surface area (Å²) in [6, 6.07) is 10.1. The van der Waals surface area contributed by atoms with Gasteiger partial charge in [-0.2, -0.15) is 13.2 Å². The number of nitrogens with zero attached hydrogens (tertiary/aromatic N) is 4. The van der Waals surface area contributed by atoms with Gasteiger partial charge in [0.25, 0.3) is 0 Å². The smallest absolute Gasteiger partial charge is 0.475 e. The zero-order valence-corrected chi connectivity index (χ0v) is 17.5. The van der Waals surface area contributed by atoms with E-state index in [4.69, 9.17) is 15.6 Å². The third-order valence-corrected chi connectivity index (χ3v) is 5.55. The molecule has 0 bridgehead atoms. The van der Waals surface area contributed by atoms with Crippen LogP contribution in [0.1, 0.15) is 18.5 Å². The molecule has 8 nitrogen and oxygen atoms in total. The Kier molecular flexibility index (Phi) is 9.31. The minimum absolute atomic E-state index is 0.230. The first-order valence-corrected chi connectivity index (χ1v) is 10.5. The topological polar surface area (TPSA) is 114 Å². The number of thioether (sulfide) groups is 1. The van der Waals surface area contributed by atoms with Crippen molar-refractivity contribution in [1.82, 2.24) is 19.9 Å². The standard InChI is InChI=1S/C17H23N5OS.C2HF3O2/c18-10-15-12-22(20-19-15)11-14-6-8-21(9-7-14)17(23)13-24-16-4-2-1-3-5-16;3-2(4,5)1(6)7/h1-5,12,14H,6-11,13,18H2;(H,6,7). The summed E-state index contributed by atoms with van der Waals surface area (Å²) in [7, 11) is 0. The highest BCUT2D eigenvalue weighted by Crippen LogP contribution is 2.22. The highest BCUT2D eigenvalue weighted by atomic mass is 32.2. The fraction of sp³-hybridized carbons (Fsp3) is 0.474. The number of benzene rings is 1. The molecule has 1 aliphatic heterocycles. The van der Waals surface area contributed by atoms with Crippen LogP contribution in [0.25, 0.3) is 0 Å². The average molecular weight is 459 g/mol. The Balaban J connectivity index is 0.000000423. The van der Waals surface area contributed by atoms with Crippen molar-refractivity contribution in [3.8, 4) is 0 Å². The van der Waals surface area contributed by atoms with E-state index in [0.29, 0.717) is 18.2 Å². The molecule has 12 heteroatoms. The predicted octanol–water partition coefficient (Wildman–Crippen LogP) is 2.40. The minimum Gasteiger partial charge on any atom is -0.475 e. The molecule has 3 rings (SSSR count). The zero-order valence-electron chi connectivity index (χ0n) is 16.7. The Morgan fingerprint density at radius 2 is 1.81 bits per heavy atom. The molecule has 1 saturated heterocycles. The zero-order chi connectivity index (χ0) is 22.9. The molecule has 1 aromatic carbocycles. The van der Waals surface area contributed by atoms with E-state index >= 15 is 0 Å². The number of piperidine rings is 1.